The zero-order chi connectivity index (χ0) is 21.7. The van der Waals surface area contributed by atoms with Crippen LogP contribution in [-0.4, -0.2) is 26.8 Å². The average molecular weight is 458 g/mol. The van der Waals surface area contributed by atoms with Crippen LogP contribution in [0.3, 0.4) is 0 Å². The Morgan fingerprint density at radius 3 is 2.00 bits per heavy atom. The first kappa shape index (κ1) is 21.9. The lowest BCUT2D eigenvalue weighted by Crippen LogP contribution is -2.48. The molecule has 0 saturated heterocycles. The van der Waals surface area contributed by atoms with Gasteiger partial charge in [-0.15, -0.1) is 0 Å². The fourth-order valence-corrected chi connectivity index (χ4v) is 2.64. The molecule has 0 aromatic heterocycles. The Bertz CT molecular complexity index is 1020. The van der Waals surface area contributed by atoms with Crippen molar-refractivity contribution in [1.82, 2.24) is 16.2 Å². The molecule has 150 valence electrons. The number of nitro groups is 2. The molecule has 3 N–H and O–H groups in total. The van der Waals surface area contributed by atoms with Crippen molar-refractivity contribution in [1.29, 1.82) is 0 Å². The minimum atomic E-state index is -0.965. The molecular weight excluding hydrogens is 449 g/mol. The van der Waals surface area contributed by atoms with Crippen LogP contribution in [0, 0.1) is 20.2 Å². The number of rotatable bonds is 4. The SMILES string of the molecule is O=C(NC(=S)NNC(=O)c1ccc(Cl)cc1Cl)c1cc([N+](=O)[O-])cc([N+](=O)[O-])c1. The van der Waals surface area contributed by atoms with Gasteiger partial charge in [-0.1, -0.05) is 23.2 Å². The summed E-state index contributed by atoms with van der Waals surface area (Å²) in [5.41, 5.74) is 2.84. The highest BCUT2D eigenvalue weighted by atomic mass is 35.5. The van der Waals surface area contributed by atoms with Crippen LogP contribution >= 0.6 is 35.4 Å². The number of carbonyl (C=O) groups is 2. The van der Waals surface area contributed by atoms with E-state index < -0.39 is 33.0 Å². The van der Waals surface area contributed by atoms with Crippen molar-refractivity contribution >= 4 is 63.7 Å². The number of benzene rings is 2. The number of nitrogens with one attached hydrogen (secondary N) is 3. The number of nitrogens with zero attached hydrogens (tertiary/aromatic N) is 2. The molecule has 0 unspecified atom stereocenters. The minimum absolute atomic E-state index is 0.0759. The molecule has 0 atom stereocenters. The predicted octanol–water partition coefficient (Wildman–Crippen LogP) is 2.76. The van der Waals surface area contributed by atoms with Gasteiger partial charge in [0.05, 0.1) is 32.1 Å². The quantitative estimate of drug-likeness (QED) is 0.359. The van der Waals surface area contributed by atoms with E-state index in [4.69, 9.17) is 35.4 Å². The fourth-order valence-electron chi connectivity index (χ4n) is 2.00. The maximum Gasteiger partial charge on any atom is 0.277 e. The summed E-state index contributed by atoms with van der Waals surface area (Å²) in [5, 5.41) is 23.9. The second kappa shape index (κ2) is 9.23. The summed E-state index contributed by atoms with van der Waals surface area (Å²) in [6.45, 7) is 0. The number of thiocarbonyl (C=S) groups is 1. The highest BCUT2D eigenvalue weighted by Gasteiger charge is 2.20. The number of halogens is 2. The maximum absolute atomic E-state index is 12.2. The topological polar surface area (TPSA) is 157 Å². The van der Waals surface area contributed by atoms with Crippen LogP contribution in [-0.2, 0) is 0 Å². The lowest BCUT2D eigenvalue weighted by atomic mass is 10.1. The van der Waals surface area contributed by atoms with Crippen molar-refractivity contribution in [3.63, 3.8) is 0 Å². The maximum atomic E-state index is 12.2. The van der Waals surface area contributed by atoms with Gasteiger partial charge >= 0.3 is 0 Å². The van der Waals surface area contributed by atoms with Crippen molar-refractivity contribution in [3.8, 4) is 0 Å². The summed E-state index contributed by atoms with van der Waals surface area (Å²) in [6.07, 6.45) is 0. The summed E-state index contributed by atoms with van der Waals surface area (Å²) in [6, 6.07) is 6.56. The summed E-state index contributed by atoms with van der Waals surface area (Å²) >= 11 is 16.5. The highest BCUT2D eigenvalue weighted by molar-refractivity contribution is 7.80. The Morgan fingerprint density at radius 1 is 0.897 bits per heavy atom. The Morgan fingerprint density at radius 2 is 1.48 bits per heavy atom. The van der Waals surface area contributed by atoms with Gasteiger partial charge in [0.2, 0.25) is 0 Å². The monoisotopic (exact) mass is 457 g/mol. The standard InChI is InChI=1S/C15H9Cl2N5O6S/c16-8-1-2-11(12(17)5-8)14(24)19-20-15(29)18-13(23)7-3-9(21(25)26)6-10(4-7)22(27)28/h1-6H,(H,19,24)(H2,18,20,23,29). The summed E-state index contributed by atoms with van der Waals surface area (Å²) in [4.78, 5) is 44.2. The number of hydrogen-bond donors (Lipinski definition) is 3. The van der Waals surface area contributed by atoms with Gasteiger partial charge in [0.15, 0.2) is 5.11 Å². The van der Waals surface area contributed by atoms with E-state index in [9.17, 15) is 29.8 Å². The molecule has 2 aromatic rings. The molecule has 0 aliphatic carbocycles. The van der Waals surface area contributed by atoms with Gasteiger partial charge in [0, 0.05) is 17.2 Å². The van der Waals surface area contributed by atoms with E-state index in [1.807, 2.05) is 0 Å². The third kappa shape index (κ3) is 5.81. The first-order valence-electron chi connectivity index (χ1n) is 7.39. The second-order valence-corrected chi connectivity index (χ2v) is 6.49. The van der Waals surface area contributed by atoms with Crippen LogP contribution in [0.5, 0.6) is 0 Å². The van der Waals surface area contributed by atoms with Gasteiger partial charge < -0.3 is 0 Å². The third-order valence-electron chi connectivity index (χ3n) is 3.28. The largest absolute Gasteiger partial charge is 0.298 e. The molecule has 2 amide bonds. The fraction of sp³-hybridized carbons (Fsp3) is 0. The van der Waals surface area contributed by atoms with E-state index in [1.165, 1.54) is 18.2 Å². The van der Waals surface area contributed by atoms with Crippen LogP contribution in [0.4, 0.5) is 11.4 Å². The molecule has 0 spiro atoms. The van der Waals surface area contributed by atoms with Crippen LogP contribution in [0.15, 0.2) is 36.4 Å². The zero-order valence-electron chi connectivity index (χ0n) is 14.0. The number of nitro benzene ring substituents is 2. The molecule has 0 aliphatic heterocycles. The van der Waals surface area contributed by atoms with Crippen LogP contribution < -0.4 is 16.2 Å². The predicted molar refractivity (Wildman–Crippen MR) is 107 cm³/mol. The van der Waals surface area contributed by atoms with Crippen LogP contribution in [0.2, 0.25) is 10.0 Å². The highest BCUT2D eigenvalue weighted by Crippen LogP contribution is 2.23. The lowest BCUT2D eigenvalue weighted by molar-refractivity contribution is -0.394. The van der Waals surface area contributed by atoms with Crippen molar-refractivity contribution in [2.45, 2.75) is 0 Å². The Labute approximate surface area is 177 Å². The van der Waals surface area contributed by atoms with E-state index in [0.717, 1.165) is 12.1 Å². The molecule has 11 nitrogen and oxygen atoms in total. The van der Waals surface area contributed by atoms with Gasteiger partial charge in [-0.05, 0) is 30.4 Å². The smallest absolute Gasteiger partial charge is 0.277 e. The molecule has 0 saturated carbocycles. The third-order valence-corrected chi connectivity index (χ3v) is 4.03. The zero-order valence-corrected chi connectivity index (χ0v) is 16.3. The van der Waals surface area contributed by atoms with Crippen molar-refractivity contribution in [3.05, 3.63) is 77.8 Å². The molecule has 14 heteroatoms. The Kier molecular flexibility index (Phi) is 6.98. The second-order valence-electron chi connectivity index (χ2n) is 5.24. The molecule has 0 heterocycles. The molecule has 0 radical (unpaired) electrons. The molecular formula is C15H9Cl2N5O6S. The van der Waals surface area contributed by atoms with Crippen molar-refractivity contribution in [2.75, 3.05) is 0 Å². The van der Waals surface area contributed by atoms with Gasteiger partial charge in [-0.3, -0.25) is 46.0 Å². The molecule has 2 aromatic carbocycles. The minimum Gasteiger partial charge on any atom is -0.298 e. The number of carbonyl (C=O) groups excluding carboxylic acids is 2. The van der Waals surface area contributed by atoms with Gasteiger partial charge in [0.25, 0.3) is 23.2 Å². The van der Waals surface area contributed by atoms with E-state index in [0.29, 0.717) is 11.1 Å². The number of non-ortho nitro benzene ring substituents is 2. The van der Waals surface area contributed by atoms with E-state index >= 15 is 0 Å². The normalized spacial score (nSPS) is 10.0. The van der Waals surface area contributed by atoms with E-state index in [-0.39, 0.29) is 21.3 Å². The number of hydrogen-bond acceptors (Lipinski definition) is 7. The Balaban J connectivity index is 2.05. The van der Waals surface area contributed by atoms with E-state index in [2.05, 4.69) is 16.2 Å². The van der Waals surface area contributed by atoms with E-state index in [1.54, 1.807) is 0 Å². The molecule has 29 heavy (non-hydrogen) atoms. The summed E-state index contributed by atoms with van der Waals surface area (Å²) in [5.74, 6) is -1.65. The van der Waals surface area contributed by atoms with Crippen molar-refractivity contribution in [2.24, 2.45) is 0 Å². The average Bonchev–Trinajstić information content (AvgIpc) is 2.65. The molecule has 0 fully saturated rings. The summed E-state index contributed by atoms with van der Waals surface area (Å²) in [7, 11) is 0. The molecule has 2 rings (SSSR count). The number of hydrazine groups is 1. The molecule has 0 bridgehead atoms. The van der Waals surface area contributed by atoms with Gasteiger partial charge in [-0.2, -0.15) is 0 Å². The first-order chi connectivity index (χ1) is 13.6. The molecule has 0 aliphatic rings. The van der Waals surface area contributed by atoms with Gasteiger partial charge in [0.1, 0.15) is 0 Å². The van der Waals surface area contributed by atoms with Crippen LogP contribution in [0.1, 0.15) is 20.7 Å². The van der Waals surface area contributed by atoms with Gasteiger partial charge in [-0.25, -0.2) is 0 Å². The Hall–Kier alpha value is -3.35. The summed E-state index contributed by atoms with van der Waals surface area (Å²) < 4.78 is 0. The number of amides is 2. The first-order valence-corrected chi connectivity index (χ1v) is 8.55. The van der Waals surface area contributed by atoms with Crippen LogP contribution in [0.25, 0.3) is 0 Å². The van der Waals surface area contributed by atoms with Crippen molar-refractivity contribution < 1.29 is 19.4 Å². The lowest BCUT2D eigenvalue weighted by Gasteiger charge is -2.11.